The average molecular weight is 315 g/mol. The summed E-state index contributed by atoms with van der Waals surface area (Å²) in [6.45, 7) is 0. The molecule has 92 valence electrons. The van der Waals surface area contributed by atoms with E-state index in [1.807, 2.05) is 36.5 Å². The van der Waals surface area contributed by atoms with Crippen LogP contribution in [0.3, 0.4) is 0 Å². The van der Waals surface area contributed by atoms with Crippen LogP contribution in [0.1, 0.15) is 0 Å². The fourth-order valence-electron chi connectivity index (χ4n) is 1.99. The summed E-state index contributed by atoms with van der Waals surface area (Å²) in [6.07, 6.45) is 3.29. The summed E-state index contributed by atoms with van der Waals surface area (Å²) in [5.74, 6) is 1.28. The molecule has 0 unspecified atom stereocenters. The van der Waals surface area contributed by atoms with Crippen molar-refractivity contribution in [2.45, 2.75) is 0 Å². The van der Waals surface area contributed by atoms with Crippen molar-refractivity contribution in [2.75, 3.05) is 0 Å². The molecule has 5 nitrogen and oxygen atoms in total. The summed E-state index contributed by atoms with van der Waals surface area (Å²) in [5.41, 5.74) is 1.58. The van der Waals surface area contributed by atoms with Gasteiger partial charge in [0.05, 0.1) is 0 Å². The SMILES string of the molecule is Brc1ccc2oc(-c3ccn4ncnc4n3)cc2c1. The highest BCUT2D eigenvalue weighted by atomic mass is 79.9. The second-order valence-electron chi connectivity index (χ2n) is 4.11. The molecule has 0 aliphatic rings. The van der Waals surface area contributed by atoms with Crippen LogP contribution >= 0.6 is 15.9 Å². The Bertz CT molecular complexity index is 896. The minimum atomic E-state index is 0.555. The predicted octanol–water partition coefficient (Wildman–Crippen LogP) is 3.30. The Morgan fingerprint density at radius 3 is 3.05 bits per heavy atom. The standard InChI is InChI=1S/C13H7BrN4O/c14-9-1-2-11-8(5-9)6-12(19-11)10-3-4-18-13(17-10)15-7-16-18/h1-7H. The molecule has 0 radical (unpaired) electrons. The molecule has 0 saturated carbocycles. The van der Waals surface area contributed by atoms with Gasteiger partial charge < -0.3 is 4.42 Å². The number of hydrogen-bond donors (Lipinski definition) is 0. The molecule has 0 saturated heterocycles. The fraction of sp³-hybridized carbons (Fsp3) is 0. The number of benzene rings is 1. The molecule has 19 heavy (non-hydrogen) atoms. The summed E-state index contributed by atoms with van der Waals surface area (Å²) in [7, 11) is 0. The highest BCUT2D eigenvalue weighted by Gasteiger charge is 2.09. The molecular formula is C13H7BrN4O. The Kier molecular flexibility index (Phi) is 2.19. The highest BCUT2D eigenvalue weighted by molar-refractivity contribution is 9.10. The summed E-state index contributed by atoms with van der Waals surface area (Å²) in [6, 6.07) is 9.71. The number of aromatic nitrogens is 4. The van der Waals surface area contributed by atoms with Gasteiger partial charge in [0, 0.05) is 16.1 Å². The minimum absolute atomic E-state index is 0.555. The lowest BCUT2D eigenvalue weighted by Gasteiger charge is -1.95. The average Bonchev–Trinajstić information content (AvgIpc) is 3.02. The Labute approximate surface area is 116 Å². The van der Waals surface area contributed by atoms with Crippen LogP contribution in [0.25, 0.3) is 28.2 Å². The molecule has 0 spiro atoms. The number of hydrogen-bond acceptors (Lipinski definition) is 4. The lowest BCUT2D eigenvalue weighted by Crippen LogP contribution is -1.91. The van der Waals surface area contributed by atoms with Gasteiger partial charge in [0.25, 0.3) is 5.78 Å². The van der Waals surface area contributed by atoms with Crippen molar-refractivity contribution in [1.82, 2.24) is 19.6 Å². The van der Waals surface area contributed by atoms with E-state index in [0.29, 0.717) is 5.78 Å². The van der Waals surface area contributed by atoms with Gasteiger partial charge in [0.15, 0.2) is 5.76 Å². The van der Waals surface area contributed by atoms with E-state index >= 15 is 0 Å². The van der Waals surface area contributed by atoms with Crippen LogP contribution in [0.5, 0.6) is 0 Å². The molecule has 4 rings (SSSR count). The third-order valence-corrected chi connectivity index (χ3v) is 3.37. The van der Waals surface area contributed by atoms with Gasteiger partial charge in [-0.25, -0.2) is 9.50 Å². The molecule has 0 aliphatic heterocycles. The van der Waals surface area contributed by atoms with Crippen molar-refractivity contribution < 1.29 is 4.42 Å². The van der Waals surface area contributed by atoms with Gasteiger partial charge in [-0.15, -0.1) is 0 Å². The number of halogens is 1. The molecule has 0 atom stereocenters. The van der Waals surface area contributed by atoms with Gasteiger partial charge in [-0.05, 0) is 30.3 Å². The first-order chi connectivity index (χ1) is 9.29. The first kappa shape index (κ1) is 10.7. The summed E-state index contributed by atoms with van der Waals surface area (Å²) in [5, 5.41) is 5.05. The highest BCUT2D eigenvalue weighted by Crippen LogP contribution is 2.28. The molecule has 0 N–H and O–H groups in total. The lowest BCUT2D eigenvalue weighted by atomic mass is 10.2. The molecule has 6 heteroatoms. The van der Waals surface area contributed by atoms with Crippen LogP contribution in [0.4, 0.5) is 0 Å². The Morgan fingerprint density at radius 2 is 2.11 bits per heavy atom. The molecule has 3 aromatic heterocycles. The zero-order valence-electron chi connectivity index (χ0n) is 9.62. The quantitative estimate of drug-likeness (QED) is 0.541. The van der Waals surface area contributed by atoms with Crippen molar-refractivity contribution >= 4 is 32.7 Å². The summed E-state index contributed by atoms with van der Waals surface area (Å²) >= 11 is 3.45. The van der Waals surface area contributed by atoms with Crippen molar-refractivity contribution in [3.8, 4) is 11.5 Å². The molecule has 1 aromatic carbocycles. The topological polar surface area (TPSA) is 56.2 Å². The number of fused-ring (bicyclic) bond motifs is 2. The van der Waals surface area contributed by atoms with Gasteiger partial charge in [-0.1, -0.05) is 15.9 Å². The van der Waals surface area contributed by atoms with Gasteiger partial charge in [-0.2, -0.15) is 10.1 Å². The first-order valence-corrected chi connectivity index (χ1v) is 6.45. The van der Waals surface area contributed by atoms with Crippen LogP contribution in [0, 0.1) is 0 Å². The van der Waals surface area contributed by atoms with Gasteiger partial charge in [-0.3, -0.25) is 0 Å². The van der Waals surface area contributed by atoms with E-state index in [4.69, 9.17) is 4.42 Å². The maximum absolute atomic E-state index is 5.79. The van der Waals surface area contributed by atoms with E-state index in [9.17, 15) is 0 Å². The van der Waals surface area contributed by atoms with E-state index in [-0.39, 0.29) is 0 Å². The van der Waals surface area contributed by atoms with E-state index in [1.165, 1.54) is 6.33 Å². The predicted molar refractivity (Wildman–Crippen MR) is 73.7 cm³/mol. The number of nitrogens with zero attached hydrogens (tertiary/aromatic N) is 4. The first-order valence-electron chi connectivity index (χ1n) is 5.65. The maximum atomic E-state index is 5.79. The van der Waals surface area contributed by atoms with Crippen LogP contribution in [0.15, 0.2) is 51.7 Å². The molecular weight excluding hydrogens is 308 g/mol. The van der Waals surface area contributed by atoms with E-state index in [1.54, 1.807) is 4.52 Å². The minimum Gasteiger partial charge on any atom is -0.454 e. The van der Waals surface area contributed by atoms with Crippen molar-refractivity contribution in [1.29, 1.82) is 0 Å². The third-order valence-electron chi connectivity index (χ3n) is 2.88. The van der Waals surface area contributed by atoms with Crippen molar-refractivity contribution in [3.05, 3.63) is 47.3 Å². The van der Waals surface area contributed by atoms with Crippen LogP contribution in [0.2, 0.25) is 0 Å². The summed E-state index contributed by atoms with van der Waals surface area (Å²) < 4.78 is 8.43. The Morgan fingerprint density at radius 1 is 1.16 bits per heavy atom. The van der Waals surface area contributed by atoms with Gasteiger partial charge in [0.2, 0.25) is 0 Å². The van der Waals surface area contributed by atoms with Crippen LogP contribution < -0.4 is 0 Å². The fourth-order valence-corrected chi connectivity index (χ4v) is 2.37. The molecule has 0 aliphatic carbocycles. The molecule has 0 amide bonds. The van der Waals surface area contributed by atoms with Crippen LogP contribution in [-0.2, 0) is 0 Å². The van der Waals surface area contributed by atoms with Gasteiger partial charge >= 0.3 is 0 Å². The largest absolute Gasteiger partial charge is 0.454 e. The number of rotatable bonds is 1. The van der Waals surface area contributed by atoms with Crippen LogP contribution in [-0.4, -0.2) is 19.6 Å². The second kappa shape index (κ2) is 3.89. The zero-order chi connectivity index (χ0) is 12.8. The smallest absolute Gasteiger partial charge is 0.252 e. The third kappa shape index (κ3) is 1.72. The van der Waals surface area contributed by atoms with Crippen molar-refractivity contribution in [3.63, 3.8) is 0 Å². The lowest BCUT2D eigenvalue weighted by molar-refractivity contribution is 0.628. The Balaban J connectivity index is 1.92. The van der Waals surface area contributed by atoms with E-state index in [0.717, 1.165) is 26.9 Å². The molecule has 4 aromatic rings. The van der Waals surface area contributed by atoms with E-state index < -0.39 is 0 Å². The molecule has 0 bridgehead atoms. The number of furan rings is 1. The maximum Gasteiger partial charge on any atom is 0.252 e. The van der Waals surface area contributed by atoms with Crippen molar-refractivity contribution in [2.24, 2.45) is 0 Å². The normalized spacial score (nSPS) is 11.4. The Hall–Kier alpha value is -2.21. The zero-order valence-corrected chi connectivity index (χ0v) is 11.2. The monoisotopic (exact) mass is 314 g/mol. The summed E-state index contributed by atoms with van der Waals surface area (Å²) in [4.78, 5) is 8.47. The van der Waals surface area contributed by atoms with Gasteiger partial charge in [0.1, 0.15) is 17.6 Å². The molecule has 3 heterocycles. The second-order valence-corrected chi connectivity index (χ2v) is 5.03. The molecule has 0 fully saturated rings. The van der Waals surface area contributed by atoms with E-state index in [2.05, 4.69) is 31.0 Å².